The molecule has 0 saturated heterocycles. The van der Waals surface area contributed by atoms with Crippen LogP contribution in [-0.4, -0.2) is 29.8 Å². The van der Waals surface area contributed by atoms with Crippen molar-refractivity contribution in [3.05, 3.63) is 95.3 Å². The quantitative estimate of drug-likeness (QED) is 0.325. The van der Waals surface area contributed by atoms with Crippen molar-refractivity contribution in [1.29, 1.82) is 0 Å². The van der Waals surface area contributed by atoms with E-state index < -0.39 is 17.8 Å². The van der Waals surface area contributed by atoms with Crippen LogP contribution in [0.15, 0.2) is 72.9 Å². The molecule has 4 aromatic rings. The van der Waals surface area contributed by atoms with Crippen LogP contribution in [0, 0.1) is 0 Å². The van der Waals surface area contributed by atoms with Crippen molar-refractivity contribution < 1.29 is 27.5 Å². The minimum atomic E-state index is -4.46. The van der Waals surface area contributed by atoms with E-state index in [9.17, 15) is 22.8 Å². The molecule has 0 fully saturated rings. The first-order valence-electron chi connectivity index (χ1n) is 11.6. The van der Waals surface area contributed by atoms with Gasteiger partial charge in [-0.25, -0.2) is 0 Å². The Bertz CT molecular complexity index is 1520. The molecule has 0 spiro atoms. The number of carbonyl (C=O) groups excluding carboxylic acids is 2. The van der Waals surface area contributed by atoms with Crippen molar-refractivity contribution in [2.75, 3.05) is 12.4 Å². The van der Waals surface area contributed by atoms with E-state index in [2.05, 4.69) is 15.6 Å². The molecule has 1 amide bonds. The molecule has 1 atom stereocenters. The van der Waals surface area contributed by atoms with E-state index in [-0.39, 0.29) is 17.4 Å². The lowest BCUT2D eigenvalue weighted by atomic mass is 9.90. The Morgan fingerprint density at radius 2 is 1.84 bits per heavy atom. The molecule has 0 radical (unpaired) electrons. The predicted octanol–water partition coefficient (Wildman–Crippen LogP) is 6.02. The summed E-state index contributed by atoms with van der Waals surface area (Å²) < 4.78 is 45.4. The first-order chi connectivity index (χ1) is 17.7. The molecule has 0 aliphatic carbocycles. The van der Waals surface area contributed by atoms with Gasteiger partial charge in [-0.05, 0) is 65.6 Å². The number of amides is 1. The number of nitrogens with zero attached hydrogens (tertiary/aromatic N) is 1. The van der Waals surface area contributed by atoms with E-state index in [0.29, 0.717) is 41.0 Å². The zero-order valence-corrected chi connectivity index (χ0v) is 19.7. The molecular weight excluding hydrogens is 483 g/mol. The topological polar surface area (TPSA) is 80.3 Å². The van der Waals surface area contributed by atoms with E-state index in [1.54, 1.807) is 36.4 Å². The third-order valence-electron chi connectivity index (χ3n) is 6.33. The molecule has 3 aromatic carbocycles. The third kappa shape index (κ3) is 4.97. The van der Waals surface area contributed by atoms with Gasteiger partial charge in [-0.1, -0.05) is 24.3 Å². The maximum absolute atomic E-state index is 13.5. The van der Waals surface area contributed by atoms with E-state index in [0.717, 1.165) is 23.1 Å². The Balaban J connectivity index is 1.39. The summed E-state index contributed by atoms with van der Waals surface area (Å²) in [6, 6.07) is 16.7. The van der Waals surface area contributed by atoms with Crippen LogP contribution in [0.5, 0.6) is 11.5 Å². The molecule has 2 heterocycles. The average Bonchev–Trinajstić information content (AvgIpc) is 2.90. The average molecular weight is 505 g/mol. The number of hydrogen-bond donors (Lipinski definition) is 2. The number of Topliss-reactive ketones (excluding diaryl/α,β-unsaturated/α-hetero) is 1. The van der Waals surface area contributed by atoms with Gasteiger partial charge in [0.1, 0.15) is 17.2 Å². The van der Waals surface area contributed by atoms with Gasteiger partial charge in [-0.2, -0.15) is 13.2 Å². The van der Waals surface area contributed by atoms with Gasteiger partial charge >= 0.3 is 6.18 Å². The summed E-state index contributed by atoms with van der Waals surface area (Å²) >= 11 is 0. The van der Waals surface area contributed by atoms with Crippen molar-refractivity contribution in [2.24, 2.45) is 0 Å². The number of benzene rings is 3. The lowest BCUT2D eigenvalue weighted by Crippen LogP contribution is -2.33. The summed E-state index contributed by atoms with van der Waals surface area (Å²) in [4.78, 5) is 29.3. The first-order valence-corrected chi connectivity index (χ1v) is 11.6. The Kier molecular flexibility index (Phi) is 6.29. The number of anilines is 1. The first kappa shape index (κ1) is 24.3. The van der Waals surface area contributed by atoms with Gasteiger partial charge in [-0.15, -0.1) is 0 Å². The predicted molar refractivity (Wildman–Crippen MR) is 133 cm³/mol. The highest BCUT2D eigenvalue weighted by molar-refractivity contribution is 6.11. The van der Waals surface area contributed by atoms with Crippen LogP contribution in [0.4, 0.5) is 18.9 Å². The number of ketones is 1. The number of fused-ring (bicyclic) bond motifs is 2. The van der Waals surface area contributed by atoms with E-state index >= 15 is 0 Å². The molecule has 188 valence electrons. The second kappa shape index (κ2) is 9.57. The van der Waals surface area contributed by atoms with Gasteiger partial charge < -0.3 is 15.4 Å². The molecule has 1 unspecified atom stereocenters. The highest BCUT2D eigenvalue weighted by Crippen LogP contribution is 2.35. The maximum atomic E-state index is 13.5. The fraction of sp³-hybridized carbons (Fsp3) is 0.179. The Morgan fingerprint density at radius 3 is 2.62 bits per heavy atom. The lowest BCUT2D eigenvalue weighted by molar-refractivity contribution is -0.137. The molecule has 0 bridgehead atoms. The normalized spacial score (nSPS) is 15.0. The van der Waals surface area contributed by atoms with Crippen LogP contribution < -0.4 is 15.4 Å². The highest BCUT2D eigenvalue weighted by atomic mass is 19.4. The number of aryl methyl sites for hydroxylation is 1. The van der Waals surface area contributed by atoms with E-state index in [1.807, 2.05) is 6.07 Å². The summed E-state index contributed by atoms with van der Waals surface area (Å²) in [6.45, 7) is 0. The highest BCUT2D eigenvalue weighted by Gasteiger charge is 2.33. The van der Waals surface area contributed by atoms with Gasteiger partial charge in [0.2, 0.25) is 0 Å². The number of pyridine rings is 1. The number of halogens is 3. The molecule has 1 aliphatic heterocycles. The van der Waals surface area contributed by atoms with Crippen LogP contribution in [0.1, 0.15) is 38.4 Å². The molecule has 37 heavy (non-hydrogen) atoms. The maximum Gasteiger partial charge on any atom is 0.416 e. The molecule has 0 saturated carbocycles. The summed E-state index contributed by atoms with van der Waals surface area (Å²) in [7, 11) is 1.52. The SMILES string of the molecule is CNC(=O)c1cc(Oc2ccc3c(C(=O)C4CCc5ccc(C(F)(F)F)cc5N4)cccc3c2)ccn1. The van der Waals surface area contributed by atoms with Crippen molar-refractivity contribution in [2.45, 2.75) is 25.1 Å². The largest absolute Gasteiger partial charge is 0.457 e. The zero-order chi connectivity index (χ0) is 26.2. The lowest BCUT2D eigenvalue weighted by Gasteiger charge is -2.27. The van der Waals surface area contributed by atoms with Crippen LogP contribution in [0.3, 0.4) is 0 Å². The third-order valence-corrected chi connectivity index (χ3v) is 6.33. The second-order valence-corrected chi connectivity index (χ2v) is 8.72. The van der Waals surface area contributed by atoms with Gasteiger partial charge in [0.05, 0.1) is 11.6 Å². The number of aromatic nitrogens is 1. The number of carbonyl (C=O) groups is 2. The molecule has 2 N–H and O–H groups in total. The van der Waals surface area contributed by atoms with Gasteiger partial charge in [0, 0.05) is 30.6 Å². The minimum absolute atomic E-state index is 0.188. The summed E-state index contributed by atoms with van der Waals surface area (Å²) in [5.74, 6) is 0.423. The Hall–Kier alpha value is -4.40. The Morgan fingerprint density at radius 1 is 1.03 bits per heavy atom. The van der Waals surface area contributed by atoms with Crippen molar-refractivity contribution >= 4 is 28.2 Å². The van der Waals surface area contributed by atoms with Crippen molar-refractivity contribution in [3.8, 4) is 11.5 Å². The standard InChI is InChI=1S/C28H22F3N3O3/c1-32-27(36)25-15-20(11-12-33-25)37-19-8-9-21-17(13-19)3-2-4-22(21)26(35)23-10-6-16-5-7-18(28(29,30)31)14-24(16)34-23/h2-5,7-9,11-15,23,34H,6,10H2,1H3,(H,32,36). The fourth-order valence-electron chi connectivity index (χ4n) is 4.45. The molecular formula is C28H22F3N3O3. The van der Waals surface area contributed by atoms with Crippen LogP contribution in [-0.2, 0) is 12.6 Å². The molecule has 9 heteroatoms. The number of ether oxygens (including phenoxy) is 1. The fourth-order valence-corrected chi connectivity index (χ4v) is 4.45. The number of hydrogen-bond acceptors (Lipinski definition) is 5. The van der Waals surface area contributed by atoms with Gasteiger partial charge in [-0.3, -0.25) is 14.6 Å². The summed E-state index contributed by atoms with van der Waals surface area (Å²) in [6.07, 6.45) is -2.00. The molecule has 5 rings (SSSR count). The van der Waals surface area contributed by atoms with Crippen molar-refractivity contribution in [1.82, 2.24) is 10.3 Å². The zero-order valence-electron chi connectivity index (χ0n) is 19.7. The van der Waals surface area contributed by atoms with Gasteiger partial charge in [0.15, 0.2) is 5.78 Å². The minimum Gasteiger partial charge on any atom is -0.457 e. The number of nitrogens with one attached hydrogen (secondary N) is 2. The smallest absolute Gasteiger partial charge is 0.416 e. The van der Waals surface area contributed by atoms with Crippen molar-refractivity contribution in [3.63, 3.8) is 0 Å². The summed E-state index contributed by atoms with van der Waals surface area (Å²) in [5, 5.41) is 7.00. The van der Waals surface area contributed by atoms with E-state index in [4.69, 9.17) is 4.74 Å². The monoisotopic (exact) mass is 505 g/mol. The summed E-state index contributed by atoms with van der Waals surface area (Å²) in [5.41, 5.74) is 1.04. The van der Waals surface area contributed by atoms with Crippen LogP contribution in [0.25, 0.3) is 10.8 Å². The molecule has 6 nitrogen and oxygen atoms in total. The van der Waals surface area contributed by atoms with Gasteiger partial charge in [0.25, 0.3) is 5.91 Å². The molecule has 1 aromatic heterocycles. The van der Waals surface area contributed by atoms with Crippen LogP contribution in [0.2, 0.25) is 0 Å². The number of rotatable bonds is 5. The van der Waals surface area contributed by atoms with E-state index in [1.165, 1.54) is 25.4 Å². The Labute approximate surface area is 210 Å². The number of alkyl halides is 3. The van der Waals surface area contributed by atoms with Crippen LogP contribution >= 0.6 is 0 Å². The molecule has 1 aliphatic rings. The second-order valence-electron chi connectivity index (χ2n) is 8.72.